The fourth-order valence-corrected chi connectivity index (χ4v) is 3.83. The lowest BCUT2D eigenvalue weighted by Crippen LogP contribution is -2.36. The third kappa shape index (κ3) is 2.57. The quantitative estimate of drug-likeness (QED) is 0.863. The molecule has 0 saturated heterocycles. The van der Waals surface area contributed by atoms with E-state index >= 15 is 0 Å². The minimum Gasteiger partial charge on any atom is -0.392 e. The Balaban J connectivity index is 2.04. The van der Waals surface area contributed by atoms with Crippen molar-refractivity contribution in [3.63, 3.8) is 0 Å². The Bertz CT molecular complexity index is 496. The summed E-state index contributed by atoms with van der Waals surface area (Å²) in [6, 6.07) is 2.44. The molecule has 2 aliphatic rings. The van der Waals surface area contributed by atoms with Crippen molar-refractivity contribution in [2.75, 3.05) is 31.1 Å². The number of fused-ring (bicyclic) bond motifs is 2. The highest BCUT2D eigenvalue weighted by Crippen LogP contribution is 2.35. The lowest BCUT2D eigenvalue weighted by molar-refractivity contribution is 0.199. The van der Waals surface area contributed by atoms with E-state index in [1.54, 1.807) is 11.1 Å². The van der Waals surface area contributed by atoms with E-state index in [1.807, 2.05) is 6.92 Å². The van der Waals surface area contributed by atoms with Crippen LogP contribution in [-0.4, -0.2) is 37.4 Å². The maximum atomic E-state index is 9.75. The number of nitrogens with zero attached hydrogens (tertiary/aromatic N) is 1. The Labute approximate surface area is 122 Å². The number of aliphatic hydroxyl groups excluding tert-OH is 1. The van der Waals surface area contributed by atoms with Gasteiger partial charge >= 0.3 is 0 Å². The van der Waals surface area contributed by atoms with E-state index in [0.717, 1.165) is 39.0 Å². The molecular formula is C17H26N2O. The summed E-state index contributed by atoms with van der Waals surface area (Å²) in [5.74, 6) is 0. The highest BCUT2D eigenvalue weighted by molar-refractivity contribution is 5.65. The van der Waals surface area contributed by atoms with Crippen LogP contribution in [0.25, 0.3) is 0 Å². The number of rotatable bonds is 2. The Morgan fingerprint density at radius 1 is 1.25 bits per heavy atom. The summed E-state index contributed by atoms with van der Waals surface area (Å²) in [7, 11) is 0. The SMILES string of the molecule is Cc1c2c(cc3c1N(C[C@H](C)O)CCC3)CCNCC2. The number of aliphatic hydroxyl groups is 1. The van der Waals surface area contributed by atoms with Gasteiger partial charge in [-0.15, -0.1) is 0 Å². The molecule has 2 N–H and O–H groups in total. The Morgan fingerprint density at radius 3 is 2.85 bits per heavy atom. The topological polar surface area (TPSA) is 35.5 Å². The van der Waals surface area contributed by atoms with Crippen LogP contribution in [0, 0.1) is 6.92 Å². The Hall–Kier alpha value is -1.06. The first kappa shape index (κ1) is 13.9. The maximum Gasteiger partial charge on any atom is 0.0687 e. The highest BCUT2D eigenvalue weighted by Gasteiger charge is 2.24. The largest absolute Gasteiger partial charge is 0.392 e. The molecule has 1 atom stereocenters. The van der Waals surface area contributed by atoms with E-state index < -0.39 is 0 Å². The molecule has 3 nitrogen and oxygen atoms in total. The summed E-state index contributed by atoms with van der Waals surface area (Å²) >= 11 is 0. The molecule has 0 unspecified atom stereocenters. The standard InChI is InChI=1S/C17H26N2O/c1-12(20)11-19-9-3-4-15-10-14-5-7-18-8-6-16(14)13(2)17(15)19/h10,12,18,20H,3-9,11H2,1-2H3/t12-/m0/s1. The highest BCUT2D eigenvalue weighted by atomic mass is 16.3. The molecule has 3 rings (SSSR count). The summed E-state index contributed by atoms with van der Waals surface area (Å²) in [6.45, 7) is 8.19. The predicted octanol–water partition coefficient (Wildman–Crippen LogP) is 1.82. The van der Waals surface area contributed by atoms with Gasteiger partial charge in [-0.05, 0) is 74.9 Å². The van der Waals surface area contributed by atoms with E-state index in [1.165, 1.54) is 29.7 Å². The van der Waals surface area contributed by atoms with E-state index in [9.17, 15) is 5.11 Å². The molecule has 0 aliphatic carbocycles. The molecular weight excluding hydrogens is 248 g/mol. The minimum absolute atomic E-state index is 0.263. The van der Waals surface area contributed by atoms with Gasteiger partial charge in [0.05, 0.1) is 6.10 Å². The minimum atomic E-state index is -0.263. The van der Waals surface area contributed by atoms with Gasteiger partial charge in [0.2, 0.25) is 0 Å². The zero-order valence-corrected chi connectivity index (χ0v) is 12.7. The molecule has 0 fully saturated rings. The summed E-state index contributed by atoms with van der Waals surface area (Å²) in [6.07, 6.45) is 4.42. The van der Waals surface area contributed by atoms with Gasteiger partial charge in [-0.2, -0.15) is 0 Å². The number of benzene rings is 1. The van der Waals surface area contributed by atoms with Crippen molar-refractivity contribution in [3.8, 4) is 0 Å². The predicted molar refractivity (Wildman–Crippen MR) is 83.7 cm³/mol. The third-order valence-corrected chi connectivity index (χ3v) is 4.65. The number of anilines is 1. The van der Waals surface area contributed by atoms with Gasteiger partial charge in [-0.25, -0.2) is 0 Å². The molecule has 2 heterocycles. The van der Waals surface area contributed by atoms with Crippen LogP contribution >= 0.6 is 0 Å². The van der Waals surface area contributed by atoms with Gasteiger partial charge < -0.3 is 15.3 Å². The molecule has 1 aromatic rings. The monoisotopic (exact) mass is 274 g/mol. The van der Waals surface area contributed by atoms with Crippen molar-refractivity contribution in [1.82, 2.24) is 5.32 Å². The second-order valence-corrected chi connectivity index (χ2v) is 6.30. The second-order valence-electron chi connectivity index (χ2n) is 6.30. The summed E-state index contributed by atoms with van der Waals surface area (Å²) < 4.78 is 0. The first-order chi connectivity index (χ1) is 9.66. The average molecular weight is 274 g/mol. The van der Waals surface area contributed by atoms with Crippen molar-refractivity contribution in [2.45, 2.75) is 45.6 Å². The molecule has 0 saturated carbocycles. The zero-order valence-electron chi connectivity index (χ0n) is 12.7. The van der Waals surface area contributed by atoms with Crippen LogP contribution in [0.1, 0.15) is 35.6 Å². The number of hydrogen-bond donors (Lipinski definition) is 2. The van der Waals surface area contributed by atoms with Crippen molar-refractivity contribution < 1.29 is 5.11 Å². The van der Waals surface area contributed by atoms with Crippen LogP contribution in [0.5, 0.6) is 0 Å². The molecule has 0 bridgehead atoms. The maximum absolute atomic E-state index is 9.75. The van der Waals surface area contributed by atoms with Crippen LogP contribution in [0.2, 0.25) is 0 Å². The van der Waals surface area contributed by atoms with Crippen LogP contribution in [0.4, 0.5) is 5.69 Å². The fourth-order valence-electron chi connectivity index (χ4n) is 3.83. The lowest BCUT2D eigenvalue weighted by atomic mass is 9.89. The molecule has 0 radical (unpaired) electrons. The summed E-state index contributed by atoms with van der Waals surface area (Å²) in [4.78, 5) is 2.40. The van der Waals surface area contributed by atoms with Gasteiger partial charge in [0, 0.05) is 18.8 Å². The van der Waals surface area contributed by atoms with E-state index in [-0.39, 0.29) is 6.10 Å². The smallest absolute Gasteiger partial charge is 0.0687 e. The average Bonchev–Trinajstić information content (AvgIpc) is 2.63. The van der Waals surface area contributed by atoms with Crippen molar-refractivity contribution in [2.24, 2.45) is 0 Å². The van der Waals surface area contributed by atoms with E-state index in [2.05, 4.69) is 23.2 Å². The lowest BCUT2D eigenvalue weighted by Gasteiger charge is -2.35. The van der Waals surface area contributed by atoms with Crippen molar-refractivity contribution in [3.05, 3.63) is 28.3 Å². The first-order valence-electron chi connectivity index (χ1n) is 7.94. The fraction of sp³-hybridized carbons (Fsp3) is 0.647. The van der Waals surface area contributed by atoms with Gasteiger partial charge in [-0.1, -0.05) is 6.07 Å². The number of β-amino-alcohol motifs (C(OH)–C–C–N with tert-alkyl or cyclic N) is 1. The summed E-state index contributed by atoms with van der Waals surface area (Å²) in [5.41, 5.74) is 7.46. The zero-order chi connectivity index (χ0) is 14.1. The van der Waals surface area contributed by atoms with Crippen LogP contribution in [0.15, 0.2) is 6.07 Å². The molecule has 2 aliphatic heterocycles. The van der Waals surface area contributed by atoms with E-state index in [0.29, 0.717) is 0 Å². The normalized spacial score (nSPS) is 20.1. The van der Waals surface area contributed by atoms with Crippen molar-refractivity contribution in [1.29, 1.82) is 0 Å². The molecule has 0 spiro atoms. The van der Waals surface area contributed by atoms with Gasteiger partial charge in [0.15, 0.2) is 0 Å². The molecule has 3 heteroatoms. The number of aryl methyl sites for hydroxylation is 1. The van der Waals surface area contributed by atoms with E-state index in [4.69, 9.17) is 0 Å². The molecule has 110 valence electrons. The van der Waals surface area contributed by atoms with Crippen LogP contribution in [0.3, 0.4) is 0 Å². The Kier molecular flexibility index (Phi) is 3.99. The second kappa shape index (κ2) is 5.74. The summed E-state index contributed by atoms with van der Waals surface area (Å²) in [5, 5.41) is 13.3. The van der Waals surface area contributed by atoms with Crippen LogP contribution < -0.4 is 10.2 Å². The van der Waals surface area contributed by atoms with Gasteiger partial charge in [0.25, 0.3) is 0 Å². The molecule has 20 heavy (non-hydrogen) atoms. The molecule has 1 aromatic carbocycles. The van der Waals surface area contributed by atoms with Gasteiger partial charge in [-0.3, -0.25) is 0 Å². The first-order valence-corrected chi connectivity index (χ1v) is 7.94. The third-order valence-electron chi connectivity index (χ3n) is 4.65. The molecule has 0 aromatic heterocycles. The number of hydrogen-bond acceptors (Lipinski definition) is 3. The van der Waals surface area contributed by atoms with Crippen LogP contribution in [-0.2, 0) is 19.3 Å². The Morgan fingerprint density at radius 2 is 2.05 bits per heavy atom. The number of nitrogens with one attached hydrogen (secondary N) is 1. The van der Waals surface area contributed by atoms with Gasteiger partial charge in [0.1, 0.15) is 0 Å². The van der Waals surface area contributed by atoms with Crippen molar-refractivity contribution >= 4 is 5.69 Å². The molecule has 0 amide bonds.